The third-order valence-corrected chi connectivity index (χ3v) is 4.96. The van der Waals surface area contributed by atoms with Gasteiger partial charge in [0.1, 0.15) is 11.6 Å². The van der Waals surface area contributed by atoms with Crippen molar-refractivity contribution in [1.82, 2.24) is 19.7 Å². The van der Waals surface area contributed by atoms with Gasteiger partial charge in [-0.05, 0) is 38.0 Å². The number of aliphatic carboxylic acids is 1. The predicted molar refractivity (Wildman–Crippen MR) is 96.3 cm³/mol. The topological polar surface area (TPSA) is 88.3 Å². The van der Waals surface area contributed by atoms with Crippen molar-refractivity contribution in [2.75, 3.05) is 6.54 Å². The first-order chi connectivity index (χ1) is 12.8. The number of nitrogens with zero attached hydrogens (tertiary/aromatic N) is 4. The molecule has 1 aliphatic rings. The molecule has 27 heavy (non-hydrogen) atoms. The maximum absolute atomic E-state index is 13.6. The Morgan fingerprint density at radius 3 is 2.70 bits per heavy atom. The van der Waals surface area contributed by atoms with Crippen LogP contribution in [0.5, 0.6) is 0 Å². The van der Waals surface area contributed by atoms with E-state index in [1.807, 2.05) is 13.8 Å². The summed E-state index contributed by atoms with van der Waals surface area (Å²) in [4.78, 5) is 30.3. The van der Waals surface area contributed by atoms with Crippen LogP contribution < -0.4 is 0 Å². The van der Waals surface area contributed by atoms with Crippen LogP contribution in [0.2, 0.25) is 0 Å². The summed E-state index contributed by atoms with van der Waals surface area (Å²) in [6.45, 7) is 6.04. The fraction of sp³-hybridized carbons (Fsp3) is 0.474. The molecule has 144 valence electrons. The molecule has 1 fully saturated rings. The maximum Gasteiger partial charge on any atom is 0.308 e. The Hall–Kier alpha value is -2.77. The van der Waals surface area contributed by atoms with Crippen LogP contribution in [0.1, 0.15) is 56.0 Å². The highest BCUT2D eigenvalue weighted by atomic mass is 19.1. The fourth-order valence-electron chi connectivity index (χ4n) is 3.47. The van der Waals surface area contributed by atoms with Gasteiger partial charge in [0.2, 0.25) is 5.82 Å². The molecule has 1 amide bonds. The number of benzene rings is 1. The minimum absolute atomic E-state index is 0.000787. The van der Waals surface area contributed by atoms with Gasteiger partial charge < -0.3 is 10.0 Å². The van der Waals surface area contributed by atoms with Crippen molar-refractivity contribution in [2.45, 2.75) is 45.6 Å². The highest BCUT2D eigenvalue weighted by Crippen LogP contribution is 2.26. The zero-order chi connectivity index (χ0) is 19.7. The largest absolute Gasteiger partial charge is 0.481 e. The molecule has 2 atom stereocenters. The van der Waals surface area contributed by atoms with Gasteiger partial charge in [-0.2, -0.15) is 0 Å². The molecule has 0 unspecified atom stereocenters. The number of piperidine rings is 1. The standard InChI is InChI=1S/C19H23FN4O3/c1-11(2)17-21-16(22-24(17)14-7-4-6-13(20)10-14)18(25)23-9-5-8-15(12(23)3)19(26)27/h4,6-7,10-12,15H,5,8-9H2,1-3H3,(H,26,27)/t12-,15-/m0/s1. The van der Waals surface area contributed by atoms with Crippen LogP contribution in [-0.2, 0) is 4.79 Å². The van der Waals surface area contributed by atoms with Gasteiger partial charge in [-0.15, -0.1) is 5.10 Å². The average Bonchev–Trinajstić information content (AvgIpc) is 3.07. The normalized spacial score (nSPS) is 20.1. The number of rotatable bonds is 4. The summed E-state index contributed by atoms with van der Waals surface area (Å²) in [6.07, 6.45) is 1.16. The van der Waals surface area contributed by atoms with E-state index in [4.69, 9.17) is 0 Å². The number of carbonyl (C=O) groups is 2. The fourth-order valence-corrected chi connectivity index (χ4v) is 3.47. The monoisotopic (exact) mass is 374 g/mol. The Bertz CT molecular complexity index is 864. The van der Waals surface area contributed by atoms with Gasteiger partial charge in [0.15, 0.2) is 0 Å². The minimum atomic E-state index is -0.902. The lowest BCUT2D eigenvalue weighted by atomic mass is 9.90. The highest BCUT2D eigenvalue weighted by Gasteiger charge is 2.37. The van der Waals surface area contributed by atoms with Crippen LogP contribution in [0.25, 0.3) is 5.69 Å². The highest BCUT2D eigenvalue weighted by molar-refractivity contribution is 5.91. The number of amides is 1. The van der Waals surface area contributed by atoms with Crippen molar-refractivity contribution in [2.24, 2.45) is 5.92 Å². The molecule has 1 N–H and O–H groups in total. The number of hydrogen-bond acceptors (Lipinski definition) is 4. The first-order valence-corrected chi connectivity index (χ1v) is 9.06. The van der Waals surface area contributed by atoms with Crippen molar-refractivity contribution >= 4 is 11.9 Å². The Kier molecular flexibility index (Phi) is 5.25. The summed E-state index contributed by atoms with van der Waals surface area (Å²) in [6, 6.07) is 5.50. The van der Waals surface area contributed by atoms with Crippen LogP contribution in [0.3, 0.4) is 0 Å². The number of likely N-dealkylation sites (tertiary alicyclic amines) is 1. The second-order valence-corrected chi connectivity index (χ2v) is 7.17. The number of carboxylic acids is 1. The number of aromatic nitrogens is 3. The van der Waals surface area contributed by atoms with Gasteiger partial charge in [0.05, 0.1) is 11.6 Å². The number of carbonyl (C=O) groups excluding carboxylic acids is 1. The maximum atomic E-state index is 13.6. The third-order valence-electron chi connectivity index (χ3n) is 4.96. The van der Waals surface area contributed by atoms with Gasteiger partial charge in [-0.25, -0.2) is 14.1 Å². The van der Waals surface area contributed by atoms with E-state index in [1.165, 1.54) is 21.7 Å². The molecule has 1 aromatic carbocycles. The number of carboxylic acid groups (broad SMARTS) is 1. The van der Waals surface area contributed by atoms with Gasteiger partial charge in [-0.1, -0.05) is 19.9 Å². The van der Waals surface area contributed by atoms with Gasteiger partial charge in [0.25, 0.3) is 5.91 Å². The molecule has 1 aromatic heterocycles. The molecule has 8 heteroatoms. The van der Waals surface area contributed by atoms with Crippen LogP contribution >= 0.6 is 0 Å². The van der Waals surface area contributed by atoms with Crippen molar-refractivity contribution in [1.29, 1.82) is 0 Å². The smallest absolute Gasteiger partial charge is 0.308 e. The Morgan fingerprint density at radius 1 is 1.33 bits per heavy atom. The molecule has 2 heterocycles. The second kappa shape index (κ2) is 7.46. The average molecular weight is 374 g/mol. The van der Waals surface area contributed by atoms with Crippen molar-refractivity contribution in [3.05, 3.63) is 41.7 Å². The van der Waals surface area contributed by atoms with E-state index in [1.54, 1.807) is 19.1 Å². The summed E-state index contributed by atoms with van der Waals surface area (Å²) in [5.74, 6) is -1.79. The molecular formula is C19H23FN4O3. The molecule has 0 bridgehead atoms. The van der Waals surface area contributed by atoms with Gasteiger partial charge in [-0.3, -0.25) is 9.59 Å². The molecule has 0 spiro atoms. The molecule has 3 rings (SSSR count). The Labute approximate surface area is 156 Å². The van der Waals surface area contributed by atoms with Gasteiger partial charge in [0, 0.05) is 18.5 Å². The minimum Gasteiger partial charge on any atom is -0.481 e. The third kappa shape index (κ3) is 3.70. The van der Waals surface area contributed by atoms with Crippen molar-refractivity contribution in [3.8, 4) is 5.69 Å². The second-order valence-electron chi connectivity index (χ2n) is 7.17. The summed E-state index contributed by atoms with van der Waals surface area (Å²) >= 11 is 0. The number of halogens is 1. The van der Waals surface area contributed by atoms with E-state index in [2.05, 4.69) is 10.1 Å². The lowest BCUT2D eigenvalue weighted by molar-refractivity contribution is -0.145. The van der Waals surface area contributed by atoms with Crippen LogP contribution in [0.4, 0.5) is 4.39 Å². The number of hydrogen-bond donors (Lipinski definition) is 1. The van der Waals surface area contributed by atoms with Crippen molar-refractivity contribution in [3.63, 3.8) is 0 Å². The van der Waals surface area contributed by atoms with Crippen LogP contribution in [0, 0.1) is 11.7 Å². The van der Waals surface area contributed by atoms with E-state index in [0.29, 0.717) is 30.9 Å². The lowest BCUT2D eigenvalue weighted by Gasteiger charge is -2.36. The molecule has 1 saturated heterocycles. The van der Waals surface area contributed by atoms with Crippen molar-refractivity contribution < 1.29 is 19.1 Å². The van der Waals surface area contributed by atoms with E-state index in [0.717, 1.165) is 0 Å². The summed E-state index contributed by atoms with van der Waals surface area (Å²) in [5.41, 5.74) is 0.486. The zero-order valence-electron chi connectivity index (χ0n) is 15.6. The molecule has 0 aliphatic carbocycles. The predicted octanol–water partition coefficient (Wildman–Crippen LogP) is 2.86. The summed E-state index contributed by atoms with van der Waals surface area (Å²) in [7, 11) is 0. The van der Waals surface area contributed by atoms with E-state index >= 15 is 0 Å². The SMILES string of the molecule is CC(C)c1nc(C(=O)N2CCC[C@H](C(=O)O)[C@@H]2C)nn1-c1cccc(F)c1. The summed E-state index contributed by atoms with van der Waals surface area (Å²) in [5, 5.41) is 13.7. The first kappa shape index (κ1) is 19.0. The Morgan fingerprint density at radius 2 is 2.07 bits per heavy atom. The quantitative estimate of drug-likeness (QED) is 0.889. The van der Waals surface area contributed by atoms with Crippen LogP contribution in [0.15, 0.2) is 24.3 Å². The van der Waals surface area contributed by atoms with Gasteiger partial charge >= 0.3 is 5.97 Å². The van der Waals surface area contributed by atoms with E-state index < -0.39 is 29.7 Å². The van der Waals surface area contributed by atoms with E-state index in [9.17, 15) is 19.1 Å². The van der Waals surface area contributed by atoms with E-state index in [-0.39, 0.29) is 11.7 Å². The molecule has 0 radical (unpaired) electrons. The molecule has 2 aromatic rings. The summed E-state index contributed by atoms with van der Waals surface area (Å²) < 4.78 is 15.1. The Balaban J connectivity index is 1.96. The molecular weight excluding hydrogens is 351 g/mol. The van der Waals surface area contributed by atoms with Crippen LogP contribution in [-0.4, -0.2) is 49.2 Å². The molecule has 7 nitrogen and oxygen atoms in total. The molecule has 1 aliphatic heterocycles. The lowest BCUT2D eigenvalue weighted by Crippen LogP contribution is -2.49. The first-order valence-electron chi connectivity index (χ1n) is 9.06. The zero-order valence-corrected chi connectivity index (χ0v) is 15.6. The molecule has 0 saturated carbocycles.